The SMILES string of the molecule is Fc1cccc(-c2ccccc2-c2ccc3ccccc3c2)c1. The van der Waals surface area contributed by atoms with Crippen LogP contribution in [0.2, 0.25) is 0 Å². The molecule has 1 heteroatoms. The molecule has 4 rings (SSSR count). The van der Waals surface area contributed by atoms with E-state index in [2.05, 4.69) is 36.4 Å². The molecule has 0 amide bonds. The molecule has 110 valence electrons. The molecule has 0 aliphatic heterocycles. The van der Waals surface area contributed by atoms with E-state index in [-0.39, 0.29) is 5.82 Å². The number of hydrogen-bond acceptors (Lipinski definition) is 0. The van der Waals surface area contributed by atoms with Crippen molar-refractivity contribution in [2.24, 2.45) is 0 Å². The molecular formula is C22H15F. The lowest BCUT2D eigenvalue weighted by Gasteiger charge is -2.11. The first-order chi connectivity index (χ1) is 11.3. The van der Waals surface area contributed by atoms with E-state index in [0.717, 1.165) is 22.3 Å². The third-order valence-corrected chi connectivity index (χ3v) is 4.12. The molecule has 0 N–H and O–H groups in total. The molecule has 0 bridgehead atoms. The van der Waals surface area contributed by atoms with E-state index in [4.69, 9.17) is 0 Å². The van der Waals surface area contributed by atoms with Crippen molar-refractivity contribution in [2.75, 3.05) is 0 Å². The maximum absolute atomic E-state index is 13.6. The van der Waals surface area contributed by atoms with Crippen molar-refractivity contribution in [1.82, 2.24) is 0 Å². The molecule has 0 heterocycles. The minimum atomic E-state index is -0.212. The normalized spacial score (nSPS) is 10.8. The fourth-order valence-corrected chi connectivity index (χ4v) is 3.00. The molecule has 4 aromatic rings. The number of hydrogen-bond donors (Lipinski definition) is 0. The van der Waals surface area contributed by atoms with Gasteiger partial charge in [-0.15, -0.1) is 0 Å². The van der Waals surface area contributed by atoms with Gasteiger partial charge in [-0.1, -0.05) is 72.8 Å². The van der Waals surface area contributed by atoms with Crippen LogP contribution in [0.5, 0.6) is 0 Å². The lowest BCUT2D eigenvalue weighted by Crippen LogP contribution is -1.86. The van der Waals surface area contributed by atoms with E-state index >= 15 is 0 Å². The summed E-state index contributed by atoms with van der Waals surface area (Å²) in [5, 5.41) is 2.43. The molecule has 0 unspecified atom stereocenters. The van der Waals surface area contributed by atoms with Crippen LogP contribution in [0.1, 0.15) is 0 Å². The number of fused-ring (bicyclic) bond motifs is 1. The van der Waals surface area contributed by atoms with E-state index in [1.165, 1.54) is 16.8 Å². The summed E-state index contributed by atoms with van der Waals surface area (Å²) >= 11 is 0. The maximum atomic E-state index is 13.6. The molecular weight excluding hydrogens is 283 g/mol. The average molecular weight is 298 g/mol. The fourth-order valence-electron chi connectivity index (χ4n) is 3.00. The van der Waals surface area contributed by atoms with Crippen LogP contribution < -0.4 is 0 Å². The van der Waals surface area contributed by atoms with Crippen molar-refractivity contribution in [3.63, 3.8) is 0 Å². The predicted molar refractivity (Wildman–Crippen MR) is 94.8 cm³/mol. The highest BCUT2D eigenvalue weighted by Gasteiger charge is 2.08. The van der Waals surface area contributed by atoms with Crippen LogP contribution in [0, 0.1) is 5.82 Å². The lowest BCUT2D eigenvalue weighted by atomic mass is 9.93. The second kappa shape index (κ2) is 5.69. The Kier molecular flexibility index (Phi) is 3.39. The van der Waals surface area contributed by atoms with Crippen LogP contribution >= 0.6 is 0 Å². The second-order valence-electron chi connectivity index (χ2n) is 5.62. The Labute approximate surface area is 134 Å². The molecule has 0 aromatic heterocycles. The molecule has 0 fully saturated rings. The summed E-state index contributed by atoms with van der Waals surface area (Å²) < 4.78 is 13.6. The summed E-state index contributed by atoms with van der Waals surface area (Å²) in [4.78, 5) is 0. The zero-order valence-corrected chi connectivity index (χ0v) is 12.5. The smallest absolute Gasteiger partial charge is 0.123 e. The van der Waals surface area contributed by atoms with E-state index in [9.17, 15) is 4.39 Å². The van der Waals surface area contributed by atoms with Crippen LogP contribution in [0.25, 0.3) is 33.0 Å². The van der Waals surface area contributed by atoms with E-state index in [1.807, 2.05) is 36.4 Å². The standard InChI is InChI=1S/C22H15F/c23-20-9-5-8-18(15-20)21-10-3-4-11-22(21)19-13-12-16-6-1-2-7-17(16)14-19/h1-15H. The van der Waals surface area contributed by atoms with Gasteiger partial charge in [-0.05, 0) is 51.2 Å². The van der Waals surface area contributed by atoms with E-state index in [0.29, 0.717) is 0 Å². The van der Waals surface area contributed by atoms with Crippen molar-refractivity contribution >= 4 is 10.8 Å². The molecule has 0 saturated heterocycles. The van der Waals surface area contributed by atoms with Gasteiger partial charge in [0, 0.05) is 0 Å². The van der Waals surface area contributed by atoms with Crippen LogP contribution in [-0.4, -0.2) is 0 Å². The van der Waals surface area contributed by atoms with Crippen molar-refractivity contribution in [3.05, 3.63) is 96.8 Å². The zero-order valence-electron chi connectivity index (χ0n) is 12.5. The molecule has 0 atom stereocenters. The summed E-state index contributed by atoms with van der Waals surface area (Å²) in [6, 6.07) is 29.7. The summed E-state index contributed by atoms with van der Waals surface area (Å²) in [5.41, 5.74) is 4.20. The quantitative estimate of drug-likeness (QED) is 0.406. The third kappa shape index (κ3) is 2.62. The summed E-state index contributed by atoms with van der Waals surface area (Å²) in [7, 11) is 0. The topological polar surface area (TPSA) is 0 Å². The van der Waals surface area contributed by atoms with Crippen molar-refractivity contribution < 1.29 is 4.39 Å². The maximum Gasteiger partial charge on any atom is 0.123 e. The van der Waals surface area contributed by atoms with E-state index < -0.39 is 0 Å². The van der Waals surface area contributed by atoms with Crippen molar-refractivity contribution in [3.8, 4) is 22.3 Å². The van der Waals surface area contributed by atoms with Gasteiger partial charge >= 0.3 is 0 Å². The van der Waals surface area contributed by atoms with Crippen molar-refractivity contribution in [1.29, 1.82) is 0 Å². The molecule has 0 saturated carbocycles. The predicted octanol–water partition coefficient (Wildman–Crippen LogP) is 6.31. The van der Waals surface area contributed by atoms with Crippen LogP contribution in [-0.2, 0) is 0 Å². The average Bonchev–Trinajstić information content (AvgIpc) is 2.61. The van der Waals surface area contributed by atoms with Gasteiger partial charge < -0.3 is 0 Å². The van der Waals surface area contributed by atoms with Crippen molar-refractivity contribution in [2.45, 2.75) is 0 Å². The van der Waals surface area contributed by atoms with Crippen LogP contribution in [0.4, 0.5) is 4.39 Å². The Balaban J connectivity index is 1.91. The summed E-state index contributed by atoms with van der Waals surface area (Å²) in [6.45, 7) is 0. The highest BCUT2D eigenvalue weighted by Crippen LogP contribution is 2.33. The van der Waals surface area contributed by atoms with E-state index in [1.54, 1.807) is 12.1 Å². The number of rotatable bonds is 2. The van der Waals surface area contributed by atoms with Gasteiger partial charge in [0.15, 0.2) is 0 Å². The first-order valence-electron chi connectivity index (χ1n) is 7.65. The van der Waals surface area contributed by atoms with Gasteiger partial charge in [0.2, 0.25) is 0 Å². The molecule has 0 spiro atoms. The molecule has 0 aliphatic rings. The lowest BCUT2D eigenvalue weighted by molar-refractivity contribution is 0.628. The Morgan fingerprint density at radius 3 is 1.87 bits per heavy atom. The third-order valence-electron chi connectivity index (χ3n) is 4.12. The summed E-state index contributed by atoms with van der Waals surface area (Å²) in [5.74, 6) is -0.212. The highest BCUT2D eigenvalue weighted by molar-refractivity contribution is 5.91. The second-order valence-corrected chi connectivity index (χ2v) is 5.62. The van der Waals surface area contributed by atoms with Gasteiger partial charge in [0.1, 0.15) is 5.82 Å². The van der Waals surface area contributed by atoms with Crippen LogP contribution in [0.15, 0.2) is 91.0 Å². The molecule has 0 aliphatic carbocycles. The highest BCUT2D eigenvalue weighted by atomic mass is 19.1. The molecule has 23 heavy (non-hydrogen) atoms. The summed E-state index contributed by atoms with van der Waals surface area (Å²) in [6.07, 6.45) is 0. The minimum Gasteiger partial charge on any atom is -0.207 e. The number of benzene rings is 4. The number of halogens is 1. The monoisotopic (exact) mass is 298 g/mol. The largest absolute Gasteiger partial charge is 0.207 e. The van der Waals surface area contributed by atoms with Gasteiger partial charge in [-0.3, -0.25) is 0 Å². The fraction of sp³-hybridized carbons (Fsp3) is 0. The Bertz CT molecular complexity index is 986. The van der Waals surface area contributed by atoms with Crippen LogP contribution in [0.3, 0.4) is 0 Å². The molecule has 0 nitrogen and oxygen atoms in total. The molecule has 0 radical (unpaired) electrons. The Hall–Kier alpha value is -2.93. The first-order valence-corrected chi connectivity index (χ1v) is 7.65. The zero-order chi connectivity index (χ0) is 15.6. The van der Waals surface area contributed by atoms with Gasteiger partial charge in [0.05, 0.1) is 0 Å². The van der Waals surface area contributed by atoms with Gasteiger partial charge in [0.25, 0.3) is 0 Å². The first kappa shape index (κ1) is 13.7. The van der Waals surface area contributed by atoms with Gasteiger partial charge in [-0.2, -0.15) is 0 Å². The Morgan fingerprint density at radius 1 is 0.478 bits per heavy atom. The minimum absolute atomic E-state index is 0.212. The van der Waals surface area contributed by atoms with Gasteiger partial charge in [-0.25, -0.2) is 4.39 Å². The Morgan fingerprint density at radius 2 is 1.13 bits per heavy atom. The molecule has 4 aromatic carbocycles.